The number of carbonyl (C=O) groups excluding carboxylic acids is 2. The summed E-state index contributed by atoms with van der Waals surface area (Å²) in [5, 5.41) is 5.19. The van der Waals surface area contributed by atoms with Crippen LogP contribution in [-0.2, 0) is 16.1 Å². The maximum absolute atomic E-state index is 11.7. The predicted molar refractivity (Wildman–Crippen MR) is 83.8 cm³/mol. The largest absolute Gasteiger partial charge is 0.467 e. The van der Waals surface area contributed by atoms with E-state index in [-0.39, 0.29) is 18.4 Å². The first-order valence-corrected chi connectivity index (χ1v) is 6.96. The van der Waals surface area contributed by atoms with E-state index in [0.717, 1.165) is 11.1 Å². The molecule has 0 spiro atoms. The van der Waals surface area contributed by atoms with Gasteiger partial charge in [-0.15, -0.1) is 0 Å². The van der Waals surface area contributed by atoms with Gasteiger partial charge in [0, 0.05) is 6.08 Å². The van der Waals surface area contributed by atoms with Crippen molar-refractivity contribution in [1.29, 1.82) is 0 Å². The molecule has 0 radical (unpaired) electrons. The van der Waals surface area contributed by atoms with Crippen LogP contribution in [0, 0.1) is 6.92 Å². The fourth-order valence-electron chi connectivity index (χ4n) is 1.83. The van der Waals surface area contributed by atoms with E-state index in [1.807, 2.05) is 31.2 Å². The molecule has 2 N–H and O–H groups in total. The summed E-state index contributed by atoms with van der Waals surface area (Å²) in [6, 6.07) is 11.3. The molecule has 0 aliphatic heterocycles. The lowest BCUT2D eigenvalue weighted by atomic mass is 10.1. The molecule has 0 saturated heterocycles. The smallest absolute Gasteiger partial charge is 0.244 e. The topological polar surface area (TPSA) is 71.3 Å². The van der Waals surface area contributed by atoms with E-state index in [9.17, 15) is 9.59 Å². The summed E-state index contributed by atoms with van der Waals surface area (Å²) in [6.07, 6.45) is 4.69. The first kappa shape index (κ1) is 15.6. The fraction of sp³-hybridized carbons (Fsp3) is 0.176. The minimum Gasteiger partial charge on any atom is -0.467 e. The number of carbonyl (C=O) groups is 2. The molecule has 2 rings (SSSR count). The molecule has 5 heteroatoms. The summed E-state index contributed by atoms with van der Waals surface area (Å²) in [7, 11) is 0. The number of furan rings is 1. The van der Waals surface area contributed by atoms with Crippen LogP contribution in [0.15, 0.2) is 53.2 Å². The highest BCUT2D eigenvalue weighted by Crippen LogP contribution is 2.08. The summed E-state index contributed by atoms with van der Waals surface area (Å²) in [5.74, 6) is 0.0876. The van der Waals surface area contributed by atoms with Gasteiger partial charge in [0.15, 0.2) is 0 Å². The van der Waals surface area contributed by atoms with Gasteiger partial charge in [0.1, 0.15) is 5.76 Å². The van der Waals surface area contributed by atoms with Crippen molar-refractivity contribution in [3.63, 3.8) is 0 Å². The minimum atomic E-state index is -0.309. The Balaban J connectivity index is 1.73. The van der Waals surface area contributed by atoms with Gasteiger partial charge in [-0.05, 0) is 36.3 Å². The van der Waals surface area contributed by atoms with Crippen LogP contribution in [0.2, 0.25) is 0 Å². The number of amides is 2. The Hall–Kier alpha value is -2.82. The van der Waals surface area contributed by atoms with E-state index >= 15 is 0 Å². The SMILES string of the molecule is Cc1ccccc1/C=C/C(=O)NCC(=O)NCc1ccco1. The van der Waals surface area contributed by atoms with E-state index < -0.39 is 0 Å². The number of hydrogen-bond acceptors (Lipinski definition) is 3. The molecule has 0 aliphatic rings. The molecule has 0 aliphatic carbocycles. The number of rotatable bonds is 6. The fourth-order valence-corrected chi connectivity index (χ4v) is 1.83. The molecule has 1 heterocycles. The van der Waals surface area contributed by atoms with Crippen LogP contribution in [-0.4, -0.2) is 18.4 Å². The molecule has 2 amide bonds. The zero-order chi connectivity index (χ0) is 15.8. The summed E-state index contributed by atoms with van der Waals surface area (Å²) >= 11 is 0. The number of benzene rings is 1. The third kappa shape index (κ3) is 4.94. The molecule has 1 aromatic carbocycles. The molecule has 0 fully saturated rings. The normalized spacial score (nSPS) is 10.6. The van der Waals surface area contributed by atoms with Crippen molar-refractivity contribution in [2.75, 3.05) is 6.54 Å². The second kappa shape index (κ2) is 7.83. The molecule has 0 bridgehead atoms. The van der Waals surface area contributed by atoms with Gasteiger partial charge < -0.3 is 15.1 Å². The molecular weight excluding hydrogens is 280 g/mol. The molecule has 0 unspecified atom stereocenters. The van der Waals surface area contributed by atoms with E-state index in [0.29, 0.717) is 12.3 Å². The standard InChI is InChI=1S/C17H18N2O3/c1-13-5-2-3-6-14(13)8-9-16(20)19-12-17(21)18-11-15-7-4-10-22-15/h2-10H,11-12H2,1H3,(H,18,21)(H,19,20)/b9-8+. The highest BCUT2D eigenvalue weighted by molar-refractivity contribution is 5.94. The van der Waals surface area contributed by atoms with Crippen LogP contribution in [0.25, 0.3) is 6.08 Å². The third-order valence-corrected chi connectivity index (χ3v) is 3.07. The third-order valence-electron chi connectivity index (χ3n) is 3.07. The van der Waals surface area contributed by atoms with Gasteiger partial charge in [-0.1, -0.05) is 24.3 Å². The summed E-state index contributed by atoms with van der Waals surface area (Å²) in [4.78, 5) is 23.2. The second-order valence-electron chi connectivity index (χ2n) is 4.76. The highest BCUT2D eigenvalue weighted by Gasteiger charge is 2.04. The monoisotopic (exact) mass is 298 g/mol. The lowest BCUT2D eigenvalue weighted by Crippen LogP contribution is -2.35. The average Bonchev–Trinajstić information content (AvgIpc) is 3.03. The lowest BCUT2D eigenvalue weighted by molar-refractivity contribution is -0.124. The van der Waals surface area contributed by atoms with Gasteiger partial charge in [-0.25, -0.2) is 0 Å². The number of aryl methyl sites for hydroxylation is 1. The van der Waals surface area contributed by atoms with Crippen LogP contribution in [0.3, 0.4) is 0 Å². The lowest BCUT2D eigenvalue weighted by Gasteiger charge is -2.04. The summed E-state index contributed by atoms with van der Waals surface area (Å²) in [5.41, 5.74) is 2.06. The second-order valence-corrected chi connectivity index (χ2v) is 4.76. The van der Waals surface area contributed by atoms with Crippen LogP contribution in [0.4, 0.5) is 0 Å². The average molecular weight is 298 g/mol. The van der Waals surface area contributed by atoms with Crippen LogP contribution >= 0.6 is 0 Å². The predicted octanol–water partition coefficient (Wildman–Crippen LogP) is 2.03. The van der Waals surface area contributed by atoms with Crippen molar-refractivity contribution in [1.82, 2.24) is 10.6 Å². The molecule has 0 atom stereocenters. The Morgan fingerprint density at radius 2 is 1.95 bits per heavy atom. The molecule has 2 aromatic rings. The maximum atomic E-state index is 11.7. The Morgan fingerprint density at radius 3 is 2.68 bits per heavy atom. The quantitative estimate of drug-likeness (QED) is 0.802. The molecule has 0 saturated carbocycles. The number of hydrogen-bond donors (Lipinski definition) is 2. The van der Waals surface area contributed by atoms with E-state index in [4.69, 9.17) is 4.42 Å². The van der Waals surface area contributed by atoms with E-state index in [1.165, 1.54) is 6.08 Å². The van der Waals surface area contributed by atoms with Gasteiger partial charge in [-0.2, -0.15) is 0 Å². The zero-order valence-corrected chi connectivity index (χ0v) is 12.3. The zero-order valence-electron chi connectivity index (χ0n) is 12.3. The van der Waals surface area contributed by atoms with Gasteiger partial charge in [0.25, 0.3) is 0 Å². The van der Waals surface area contributed by atoms with Gasteiger partial charge in [0.2, 0.25) is 11.8 Å². The molecule has 114 valence electrons. The van der Waals surface area contributed by atoms with Crippen molar-refractivity contribution in [2.45, 2.75) is 13.5 Å². The Labute approximate surface area is 129 Å². The van der Waals surface area contributed by atoms with Crippen LogP contribution < -0.4 is 10.6 Å². The maximum Gasteiger partial charge on any atom is 0.244 e. The van der Waals surface area contributed by atoms with Gasteiger partial charge >= 0.3 is 0 Å². The van der Waals surface area contributed by atoms with Crippen molar-refractivity contribution in [3.8, 4) is 0 Å². The van der Waals surface area contributed by atoms with Gasteiger partial charge in [0.05, 0.1) is 19.4 Å². The van der Waals surface area contributed by atoms with Crippen LogP contribution in [0.5, 0.6) is 0 Å². The minimum absolute atomic E-state index is 0.0718. The van der Waals surface area contributed by atoms with Crippen LogP contribution in [0.1, 0.15) is 16.9 Å². The summed E-state index contributed by atoms with van der Waals surface area (Å²) in [6.45, 7) is 2.21. The van der Waals surface area contributed by atoms with Crippen molar-refractivity contribution in [2.24, 2.45) is 0 Å². The Bertz CT molecular complexity index is 660. The first-order valence-electron chi connectivity index (χ1n) is 6.96. The number of nitrogens with one attached hydrogen (secondary N) is 2. The molecule has 5 nitrogen and oxygen atoms in total. The summed E-state index contributed by atoms with van der Waals surface area (Å²) < 4.78 is 5.09. The van der Waals surface area contributed by atoms with Crippen molar-refractivity contribution in [3.05, 3.63) is 65.6 Å². The molecular formula is C17H18N2O3. The molecule has 1 aromatic heterocycles. The first-order chi connectivity index (χ1) is 10.6. The van der Waals surface area contributed by atoms with Crippen molar-refractivity contribution >= 4 is 17.9 Å². The Morgan fingerprint density at radius 1 is 1.14 bits per heavy atom. The Kier molecular flexibility index (Phi) is 5.54. The van der Waals surface area contributed by atoms with E-state index in [2.05, 4.69) is 10.6 Å². The molecule has 22 heavy (non-hydrogen) atoms. The van der Waals surface area contributed by atoms with E-state index in [1.54, 1.807) is 24.5 Å². The van der Waals surface area contributed by atoms with Crippen molar-refractivity contribution < 1.29 is 14.0 Å². The van der Waals surface area contributed by atoms with Gasteiger partial charge in [-0.3, -0.25) is 9.59 Å². The highest BCUT2D eigenvalue weighted by atomic mass is 16.3.